The molecule has 17 heavy (non-hydrogen) atoms. The maximum Gasteiger partial charge on any atom is 0.232 e. The highest BCUT2D eigenvalue weighted by atomic mass is 16.7. The molecule has 0 spiro atoms. The second-order valence-corrected chi connectivity index (χ2v) is 3.76. The normalized spacial score (nSPS) is 11.0. The predicted octanol–water partition coefficient (Wildman–Crippen LogP) is 1.94. The maximum atomic E-state index is 5.55. The molecule has 5 nitrogen and oxygen atoms in total. The van der Waals surface area contributed by atoms with Crippen LogP contribution in [-0.4, -0.2) is 22.3 Å². The van der Waals surface area contributed by atoms with Gasteiger partial charge >= 0.3 is 0 Å². The molecule has 0 unspecified atom stereocenters. The minimum atomic E-state index is 0.480. The topological polar surface area (TPSA) is 51.4 Å². The van der Waals surface area contributed by atoms with Crippen molar-refractivity contribution in [1.82, 2.24) is 15.3 Å². The van der Waals surface area contributed by atoms with E-state index in [-0.39, 0.29) is 0 Å². The maximum absolute atomic E-state index is 5.55. The van der Waals surface area contributed by atoms with Crippen LogP contribution in [0, 0.1) is 6.92 Å². The van der Waals surface area contributed by atoms with Gasteiger partial charge < -0.3 is 4.42 Å². The van der Waals surface area contributed by atoms with Crippen LogP contribution in [0.4, 0.5) is 0 Å². The fourth-order valence-corrected chi connectivity index (χ4v) is 1.40. The summed E-state index contributed by atoms with van der Waals surface area (Å²) in [6.45, 7) is 2.78. The third-order valence-electron chi connectivity index (χ3n) is 2.22. The molecular weight excluding hydrogens is 218 g/mol. The van der Waals surface area contributed by atoms with Crippen LogP contribution in [0.2, 0.25) is 0 Å². The molecule has 1 aromatic carbocycles. The standard InChI is InChI=1S/C12H15N3O2/c1-10-13-14-12(17-10)8-15(2)16-9-11-6-4-3-5-7-11/h3-7H,8-9H2,1-2H3. The smallest absolute Gasteiger partial charge is 0.232 e. The van der Waals surface area contributed by atoms with E-state index in [2.05, 4.69) is 10.2 Å². The number of aromatic nitrogens is 2. The molecule has 0 aliphatic heterocycles. The Bertz CT molecular complexity index is 456. The van der Waals surface area contributed by atoms with Gasteiger partial charge in [0.05, 0.1) is 6.61 Å². The fraction of sp³-hybridized carbons (Fsp3) is 0.333. The Hall–Kier alpha value is -1.72. The molecule has 0 saturated heterocycles. The average Bonchev–Trinajstić information content (AvgIpc) is 2.73. The zero-order valence-corrected chi connectivity index (χ0v) is 9.96. The molecular formula is C12H15N3O2. The van der Waals surface area contributed by atoms with Crippen molar-refractivity contribution in [1.29, 1.82) is 0 Å². The lowest BCUT2D eigenvalue weighted by atomic mass is 10.2. The Kier molecular flexibility index (Phi) is 3.85. The van der Waals surface area contributed by atoms with E-state index in [1.54, 1.807) is 12.0 Å². The number of nitrogens with zero attached hydrogens (tertiary/aromatic N) is 3. The van der Waals surface area contributed by atoms with Gasteiger partial charge in [-0.25, -0.2) is 0 Å². The van der Waals surface area contributed by atoms with Gasteiger partial charge in [-0.2, -0.15) is 5.06 Å². The van der Waals surface area contributed by atoms with Crippen molar-refractivity contribution in [3.05, 3.63) is 47.7 Å². The fourth-order valence-electron chi connectivity index (χ4n) is 1.40. The van der Waals surface area contributed by atoms with Crippen LogP contribution in [0.15, 0.2) is 34.7 Å². The Morgan fingerprint density at radius 1 is 1.24 bits per heavy atom. The molecule has 1 aromatic heterocycles. The third-order valence-corrected chi connectivity index (χ3v) is 2.22. The SMILES string of the molecule is Cc1nnc(CN(C)OCc2ccccc2)o1. The van der Waals surface area contributed by atoms with E-state index in [0.29, 0.717) is 24.9 Å². The molecule has 5 heteroatoms. The van der Waals surface area contributed by atoms with Gasteiger partial charge in [0.1, 0.15) is 6.54 Å². The van der Waals surface area contributed by atoms with E-state index in [9.17, 15) is 0 Å². The summed E-state index contributed by atoms with van der Waals surface area (Å²) in [6.07, 6.45) is 0. The highest BCUT2D eigenvalue weighted by Gasteiger charge is 2.06. The highest BCUT2D eigenvalue weighted by molar-refractivity contribution is 5.13. The van der Waals surface area contributed by atoms with E-state index in [1.165, 1.54) is 0 Å². The van der Waals surface area contributed by atoms with Crippen LogP contribution < -0.4 is 0 Å². The molecule has 0 N–H and O–H groups in total. The molecule has 2 aromatic rings. The lowest BCUT2D eigenvalue weighted by Crippen LogP contribution is -2.18. The van der Waals surface area contributed by atoms with Crippen molar-refractivity contribution < 1.29 is 9.25 Å². The monoisotopic (exact) mass is 233 g/mol. The van der Waals surface area contributed by atoms with Crippen LogP contribution in [0.3, 0.4) is 0 Å². The van der Waals surface area contributed by atoms with Crippen molar-refractivity contribution in [2.24, 2.45) is 0 Å². The highest BCUT2D eigenvalue weighted by Crippen LogP contribution is 2.05. The van der Waals surface area contributed by atoms with Gasteiger partial charge in [-0.1, -0.05) is 30.3 Å². The molecule has 0 fully saturated rings. The van der Waals surface area contributed by atoms with Crippen LogP contribution in [0.5, 0.6) is 0 Å². The van der Waals surface area contributed by atoms with Gasteiger partial charge in [-0.15, -0.1) is 10.2 Å². The quantitative estimate of drug-likeness (QED) is 0.739. The predicted molar refractivity (Wildman–Crippen MR) is 61.7 cm³/mol. The first kappa shape index (κ1) is 11.8. The van der Waals surface area contributed by atoms with Gasteiger partial charge in [0.2, 0.25) is 11.8 Å². The second-order valence-electron chi connectivity index (χ2n) is 3.76. The Labute approximate surface area is 100.0 Å². The van der Waals surface area contributed by atoms with Gasteiger partial charge in [-0.3, -0.25) is 4.84 Å². The van der Waals surface area contributed by atoms with Crippen molar-refractivity contribution in [2.75, 3.05) is 7.05 Å². The number of hydrogen-bond acceptors (Lipinski definition) is 5. The molecule has 0 amide bonds. The summed E-state index contributed by atoms with van der Waals surface area (Å²) in [5.41, 5.74) is 1.13. The van der Waals surface area contributed by atoms with Crippen LogP contribution in [-0.2, 0) is 18.0 Å². The minimum absolute atomic E-state index is 0.480. The summed E-state index contributed by atoms with van der Waals surface area (Å²) < 4.78 is 5.26. The van der Waals surface area contributed by atoms with Crippen LogP contribution in [0.1, 0.15) is 17.3 Å². The molecule has 1 heterocycles. The van der Waals surface area contributed by atoms with Crippen molar-refractivity contribution in [3.63, 3.8) is 0 Å². The van der Waals surface area contributed by atoms with Gasteiger partial charge in [0.15, 0.2) is 0 Å². The number of rotatable bonds is 5. The van der Waals surface area contributed by atoms with Crippen molar-refractivity contribution in [2.45, 2.75) is 20.1 Å². The Balaban J connectivity index is 1.80. The van der Waals surface area contributed by atoms with E-state index in [4.69, 9.17) is 9.25 Å². The van der Waals surface area contributed by atoms with Crippen LogP contribution >= 0.6 is 0 Å². The van der Waals surface area contributed by atoms with Crippen molar-refractivity contribution >= 4 is 0 Å². The third kappa shape index (κ3) is 3.65. The second kappa shape index (κ2) is 5.56. The summed E-state index contributed by atoms with van der Waals surface area (Å²) >= 11 is 0. The number of benzene rings is 1. The zero-order chi connectivity index (χ0) is 12.1. The molecule has 0 atom stereocenters. The van der Waals surface area contributed by atoms with Crippen molar-refractivity contribution in [3.8, 4) is 0 Å². The van der Waals surface area contributed by atoms with E-state index in [0.717, 1.165) is 5.56 Å². The molecule has 0 aliphatic rings. The number of hydroxylamine groups is 2. The molecule has 0 aliphatic carbocycles. The van der Waals surface area contributed by atoms with E-state index >= 15 is 0 Å². The minimum Gasteiger partial charge on any atom is -0.424 e. The first-order valence-electron chi connectivity index (χ1n) is 5.41. The van der Waals surface area contributed by atoms with Gasteiger partial charge in [0, 0.05) is 14.0 Å². The molecule has 90 valence electrons. The summed E-state index contributed by atoms with van der Waals surface area (Å²) in [5.74, 6) is 1.12. The van der Waals surface area contributed by atoms with Gasteiger partial charge in [0.25, 0.3) is 0 Å². The van der Waals surface area contributed by atoms with Gasteiger partial charge in [-0.05, 0) is 5.56 Å². The van der Waals surface area contributed by atoms with Crippen LogP contribution in [0.25, 0.3) is 0 Å². The lowest BCUT2D eigenvalue weighted by molar-refractivity contribution is -0.161. The Morgan fingerprint density at radius 3 is 2.65 bits per heavy atom. The summed E-state index contributed by atoms with van der Waals surface area (Å²) in [5, 5.41) is 9.34. The molecule has 0 saturated carbocycles. The summed E-state index contributed by atoms with van der Waals surface area (Å²) in [6, 6.07) is 9.99. The summed E-state index contributed by atoms with van der Waals surface area (Å²) in [4.78, 5) is 5.55. The average molecular weight is 233 g/mol. The molecule has 0 radical (unpaired) electrons. The molecule has 0 bridgehead atoms. The lowest BCUT2D eigenvalue weighted by Gasteiger charge is -2.14. The summed E-state index contributed by atoms with van der Waals surface area (Å²) in [7, 11) is 1.84. The van der Waals surface area contributed by atoms with E-state index in [1.807, 2.05) is 37.4 Å². The first-order valence-corrected chi connectivity index (χ1v) is 5.41. The molecule has 2 rings (SSSR count). The Morgan fingerprint density at radius 2 is 2.00 bits per heavy atom. The zero-order valence-electron chi connectivity index (χ0n) is 9.96. The van der Waals surface area contributed by atoms with E-state index < -0.39 is 0 Å². The largest absolute Gasteiger partial charge is 0.424 e. The first-order chi connectivity index (χ1) is 8.24. The number of hydrogen-bond donors (Lipinski definition) is 0. The number of aryl methyl sites for hydroxylation is 1.